The van der Waals surface area contributed by atoms with Crippen molar-refractivity contribution in [3.05, 3.63) is 78.4 Å². The highest BCUT2D eigenvalue weighted by Gasteiger charge is 2.19. The molecule has 3 aromatic heterocycles. The van der Waals surface area contributed by atoms with Gasteiger partial charge in [0.25, 0.3) is 10.0 Å². The van der Waals surface area contributed by atoms with Crippen molar-refractivity contribution in [2.75, 3.05) is 6.26 Å². The van der Waals surface area contributed by atoms with Crippen LogP contribution in [-0.2, 0) is 26.3 Å². The highest BCUT2D eigenvalue weighted by atomic mass is 32.2. The average Bonchev–Trinajstić information content (AvgIpc) is 3.12. The van der Waals surface area contributed by atoms with Gasteiger partial charge in [0.1, 0.15) is 0 Å². The van der Waals surface area contributed by atoms with Crippen LogP contribution in [0, 0.1) is 0 Å². The molecule has 0 aliphatic heterocycles. The van der Waals surface area contributed by atoms with Crippen molar-refractivity contribution in [2.45, 2.75) is 16.5 Å². The van der Waals surface area contributed by atoms with E-state index < -0.39 is 19.9 Å². The first kappa shape index (κ1) is 19.2. The Morgan fingerprint density at radius 3 is 2.17 bits per heavy atom. The van der Waals surface area contributed by atoms with Crippen LogP contribution < -0.4 is 0 Å². The molecule has 8 nitrogen and oxygen atoms in total. The van der Waals surface area contributed by atoms with Crippen molar-refractivity contribution in [3.8, 4) is 0 Å². The molecule has 10 heteroatoms. The molecular formula is C19H16N4O4S2. The molecule has 0 fully saturated rings. The zero-order valence-corrected chi connectivity index (χ0v) is 16.9. The van der Waals surface area contributed by atoms with Crippen LogP contribution in [0.1, 0.15) is 11.1 Å². The van der Waals surface area contributed by atoms with E-state index in [9.17, 15) is 16.8 Å². The van der Waals surface area contributed by atoms with E-state index in [1.807, 2.05) is 6.07 Å². The van der Waals surface area contributed by atoms with Crippen LogP contribution in [0.4, 0.5) is 0 Å². The van der Waals surface area contributed by atoms with Crippen LogP contribution in [0.2, 0.25) is 0 Å². The van der Waals surface area contributed by atoms with Crippen LogP contribution in [0.3, 0.4) is 0 Å². The number of hydrogen-bond acceptors (Lipinski definition) is 7. The van der Waals surface area contributed by atoms with Gasteiger partial charge >= 0.3 is 0 Å². The van der Waals surface area contributed by atoms with E-state index in [2.05, 4.69) is 15.0 Å². The minimum atomic E-state index is -3.74. The second kappa shape index (κ2) is 7.05. The molecule has 0 N–H and O–H groups in total. The second-order valence-electron chi connectivity index (χ2n) is 6.51. The van der Waals surface area contributed by atoms with Crippen molar-refractivity contribution in [3.63, 3.8) is 0 Å². The molecule has 0 aliphatic carbocycles. The van der Waals surface area contributed by atoms with Crippen molar-refractivity contribution in [1.29, 1.82) is 0 Å². The Kier molecular flexibility index (Phi) is 4.67. The smallest absolute Gasteiger partial charge is 0.237 e. The summed E-state index contributed by atoms with van der Waals surface area (Å²) < 4.78 is 49.8. The first-order valence-corrected chi connectivity index (χ1v) is 11.9. The summed E-state index contributed by atoms with van der Waals surface area (Å²) in [6.07, 6.45) is 7.46. The van der Waals surface area contributed by atoms with E-state index >= 15 is 0 Å². The Labute approximate surface area is 167 Å². The molecule has 0 atom stereocenters. The monoisotopic (exact) mass is 428 g/mol. The minimum Gasteiger partial charge on any atom is -0.237 e. The lowest BCUT2D eigenvalue weighted by Crippen LogP contribution is -2.12. The van der Waals surface area contributed by atoms with Gasteiger partial charge in [-0.05, 0) is 35.4 Å². The summed E-state index contributed by atoms with van der Waals surface area (Å²) in [5.41, 5.74) is 1.87. The van der Waals surface area contributed by atoms with E-state index in [0.717, 1.165) is 21.4 Å². The third-order valence-corrected chi connectivity index (χ3v) is 6.83. The quantitative estimate of drug-likeness (QED) is 0.447. The number of fused-ring (bicyclic) bond motifs is 1. The Balaban J connectivity index is 1.65. The lowest BCUT2D eigenvalue weighted by molar-refractivity contribution is 0.588. The molecular weight excluding hydrogens is 412 g/mol. The van der Waals surface area contributed by atoms with Crippen molar-refractivity contribution < 1.29 is 16.8 Å². The number of aromatic nitrogens is 4. The van der Waals surface area contributed by atoms with Gasteiger partial charge in [-0.3, -0.25) is 0 Å². The Hall–Kier alpha value is -3.11. The van der Waals surface area contributed by atoms with Gasteiger partial charge in [-0.1, -0.05) is 18.2 Å². The van der Waals surface area contributed by atoms with Gasteiger partial charge in [0, 0.05) is 42.9 Å². The number of hydrogen-bond donors (Lipinski definition) is 0. The van der Waals surface area contributed by atoms with Crippen molar-refractivity contribution >= 4 is 30.9 Å². The third-order valence-electron chi connectivity index (χ3n) is 4.27. The first-order valence-electron chi connectivity index (χ1n) is 8.53. The number of sulfone groups is 1. The number of pyridine rings is 1. The summed E-state index contributed by atoms with van der Waals surface area (Å²) >= 11 is 0. The Morgan fingerprint density at radius 1 is 0.862 bits per heavy atom. The Morgan fingerprint density at radius 2 is 1.52 bits per heavy atom. The van der Waals surface area contributed by atoms with Gasteiger partial charge in [-0.25, -0.2) is 35.8 Å². The van der Waals surface area contributed by atoms with Crippen molar-refractivity contribution in [1.82, 2.24) is 18.9 Å². The molecule has 148 valence electrons. The molecule has 1 aromatic carbocycles. The highest BCUT2D eigenvalue weighted by Crippen LogP contribution is 2.22. The predicted octanol–water partition coefficient (Wildman–Crippen LogP) is 2.06. The lowest BCUT2D eigenvalue weighted by atomic mass is 10.1. The number of rotatable bonds is 5. The topological polar surface area (TPSA) is 112 Å². The molecule has 0 radical (unpaired) electrons. The molecule has 0 unspecified atom stereocenters. The van der Waals surface area contributed by atoms with Crippen molar-refractivity contribution in [2.24, 2.45) is 0 Å². The molecule has 4 rings (SSSR count). The molecule has 0 saturated carbocycles. The fourth-order valence-electron chi connectivity index (χ4n) is 2.90. The van der Waals surface area contributed by atoms with Crippen LogP contribution in [-0.4, -0.2) is 42.0 Å². The van der Waals surface area contributed by atoms with Gasteiger partial charge in [-0.15, -0.1) is 0 Å². The SMILES string of the molecule is CS(=O)(=O)c1ncc(Cc2cnc3c(ccn3S(=O)(=O)c3ccccc3)c2)cn1. The van der Waals surface area contributed by atoms with Crippen LogP contribution in [0.15, 0.2) is 77.3 Å². The van der Waals surface area contributed by atoms with E-state index in [-0.39, 0.29) is 10.1 Å². The molecule has 29 heavy (non-hydrogen) atoms. The van der Waals surface area contributed by atoms with Gasteiger partial charge in [0.05, 0.1) is 4.90 Å². The maximum Gasteiger partial charge on any atom is 0.269 e. The molecule has 3 heterocycles. The summed E-state index contributed by atoms with van der Waals surface area (Å²) in [7, 11) is -7.19. The summed E-state index contributed by atoms with van der Waals surface area (Å²) in [4.78, 5) is 12.3. The van der Waals surface area contributed by atoms with Gasteiger partial charge in [0.15, 0.2) is 5.65 Å². The summed E-state index contributed by atoms with van der Waals surface area (Å²) in [5.74, 6) is 0. The van der Waals surface area contributed by atoms with E-state index in [0.29, 0.717) is 17.5 Å². The van der Waals surface area contributed by atoms with E-state index in [1.54, 1.807) is 30.5 Å². The Bertz CT molecular complexity index is 1400. The van der Waals surface area contributed by atoms with Crippen LogP contribution in [0.25, 0.3) is 11.0 Å². The molecule has 0 bridgehead atoms. The summed E-state index contributed by atoms with van der Waals surface area (Å²) in [6, 6.07) is 11.7. The maximum atomic E-state index is 12.9. The highest BCUT2D eigenvalue weighted by molar-refractivity contribution is 7.90. The second-order valence-corrected chi connectivity index (χ2v) is 10.2. The first-order chi connectivity index (χ1) is 13.7. The van der Waals surface area contributed by atoms with Crippen LogP contribution in [0.5, 0.6) is 0 Å². The average molecular weight is 428 g/mol. The number of nitrogens with zero attached hydrogens (tertiary/aromatic N) is 4. The normalized spacial score (nSPS) is 12.3. The molecule has 0 spiro atoms. The molecule has 4 aromatic rings. The number of benzene rings is 1. The van der Waals surface area contributed by atoms with Gasteiger partial charge in [-0.2, -0.15) is 0 Å². The van der Waals surface area contributed by atoms with E-state index in [4.69, 9.17) is 0 Å². The van der Waals surface area contributed by atoms with E-state index in [1.165, 1.54) is 30.7 Å². The van der Waals surface area contributed by atoms with Gasteiger partial charge in [0.2, 0.25) is 15.0 Å². The maximum absolute atomic E-state index is 12.9. The third kappa shape index (κ3) is 3.76. The standard InChI is InChI=1S/C19H16N4O4S2/c1-28(24,25)19-21-12-15(13-22-19)9-14-10-16-7-8-23(18(16)20-11-14)29(26,27)17-5-3-2-4-6-17/h2-8,10-13H,9H2,1H3. The molecule has 0 saturated heterocycles. The fraction of sp³-hybridized carbons (Fsp3) is 0.105. The fourth-order valence-corrected chi connectivity index (χ4v) is 4.72. The predicted molar refractivity (Wildman–Crippen MR) is 107 cm³/mol. The van der Waals surface area contributed by atoms with Crippen LogP contribution >= 0.6 is 0 Å². The zero-order chi connectivity index (χ0) is 20.6. The molecule has 0 aliphatic rings. The zero-order valence-electron chi connectivity index (χ0n) is 15.3. The summed E-state index contributed by atoms with van der Waals surface area (Å²) in [5, 5.41) is 0.453. The molecule has 0 amide bonds. The lowest BCUT2D eigenvalue weighted by Gasteiger charge is -2.07. The summed E-state index contributed by atoms with van der Waals surface area (Å²) in [6.45, 7) is 0. The van der Waals surface area contributed by atoms with Gasteiger partial charge < -0.3 is 0 Å². The minimum absolute atomic E-state index is 0.187. The largest absolute Gasteiger partial charge is 0.269 e.